The fraction of sp³-hybridized carbons (Fsp3) is 0. The van der Waals surface area contributed by atoms with E-state index < -0.39 is 0 Å². The molecule has 0 saturated heterocycles. The van der Waals surface area contributed by atoms with Crippen LogP contribution in [0.15, 0.2) is 0 Å². The van der Waals surface area contributed by atoms with Gasteiger partial charge >= 0.3 is 49.7 Å². The van der Waals surface area contributed by atoms with Crippen molar-refractivity contribution >= 4 is 0 Å². The van der Waals surface area contributed by atoms with Crippen molar-refractivity contribution in [3.8, 4) is 0 Å². The van der Waals surface area contributed by atoms with Crippen molar-refractivity contribution in [2.75, 3.05) is 0 Å². The number of hydrogen-bond acceptors (Lipinski definition) is 2. The van der Waals surface area contributed by atoms with Crippen LogP contribution in [0.4, 0.5) is 0 Å². The van der Waals surface area contributed by atoms with E-state index in [0.29, 0.717) is 0 Å². The summed E-state index contributed by atoms with van der Waals surface area (Å²) in [5.74, 6) is 0. The molecule has 0 aromatic carbocycles. The SMILES string of the molecule is [Au][O][O][Au]. The van der Waals surface area contributed by atoms with Crippen molar-refractivity contribution < 1.29 is 49.7 Å². The topological polar surface area (TPSA) is 18.5 Å². The van der Waals surface area contributed by atoms with E-state index in [4.69, 9.17) is 0 Å². The Morgan fingerprint density at radius 2 is 1.25 bits per heavy atom. The molecule has 0 fully saturated rings. The van der Waals surface area contributed by atoms with E-state index in [0.717, 1.165) is 0 Å². The Kier molecular flexibility index (Phi) is 5.94. The van der Waals surface area contributed by atoms with Gasteiger partial charge in [0.25, 0.3) is 0 Å². The molecule has 0 spiro atoms. The zero-order valence-corrected chi connectivity index (χ0v) is 5.75. The molecule has 0 unspecified atom stereocenters. The van der Waals surface area contributed by atoms with Gasteiger partial charge in [0.1, 0.15) is 0 Å². The van der Waals surface area contributed by atoms with Crippen LogP contribution in [0.5, 0.6) is 0 Å². The van der Waals surface area contributed by atoms with Crippen LogP contribution in [0, 0.1) is 0 Å². The van der Waals surface area contributed by atoms with Crippen LogP contribution in [0.3, 0.4) is 0 Å². The predicted octanol–water partition coefficient (Wildman–Crippen LogP) is -0.142. The zero-order chi connectivity index (χ0) is 3.41. The number of hydrogen-bond donors (Lipinski definition) is 0. The Morgan fingerprint density at radius 1 is 1.00 bits per heavy atom. The molecular weight excluding hydrogens is 426 g/mol. The third-order valence-corrected chi connectivity index (χ3v) is 1.02. The molecule has 34 valence electrons. The summed E-state index contributed by atoms with van der Waals surface area (Å²) in [5.41, 5.74) is 0. The molecule has 4 heavy (non-hydrogen) atoms. The molecule has 0 rings (SSSR count). The van der Waals surface area contributed by atoms with Crippen LogP contribution in [-0.2, 0) is 49.7 Å². The van der Waals surface area contributed by atoms with Gasteiger partial charge in [-0.1, -0.05) is 0 Å². The standard InChI is InChI=1S/2Au.O2/c;;1-2/q2*+1;-2. The van der Waals surface area contributed by atoms with E-state index in [9.17, 15) is 0 Å². The number of rotatable bonds is 1. The molecule has 0 heterocycles. The summed E-state index contributed by atoms with van der Waals surface area (Å²) in [4.78, 5) is 0. The monoisotopic (exact) mass is 426 g/mol. The van der Waals surface area contributed by atoms with Crippen molar-refractivity contribution in [3.05, 3.63) is 0 Å². The van der Waals surface area contributed by atoms with Gasteiger partial charge in [0, 0.05) is 0 Å². The fourth-order valence-corrected chi connectivity index (χ4v) is 0. The summed E-state index contributed by atoms with van der Waals surface area (Å²) in [6, 6.07) is 0. The molecule has 0 aliphatic carbocycles. The molecule has 0 radical (unpaired) electrons. The molecule has 0 aromatic rings. The first kappa shape index (κ1) is 5.40. The Hall–Kier alpha value is 1.40. The van der Waals surface area contributed by atoms with Crippen LogP contribution >= 0.6 is 0 Å². The molecule has 0 aliphatic rings. The van der Waals surface area contributed by atoms with Gasteiger partial charge in [0.2, 0.25) is 0 Å². The molecule has 4 heteroatoms. The first-order valence-electron chi connectivity index (χ1n) is 0.413. The molecule has 0 aliphatic heterocycles. The Balaban J connectivity index is 1.97. The average Bonchev–Trinajstić information content (AvgIpc) is 1.37. The third kappa shape index (κ3) is 3.40. The predicted molar refractivity (Wildman–Crippen MR) is 2.17 cm³/mol. The fourth-order valence-electron chi connectivity index (χ4n) is 0. The molecule has 0 aromatic heterocycles. The van der Waals surface area contributed by atoms with Crippen LogP contribution in [0.25, 0.3) is 0 Å². The maximum atomic E-state index is 3.96. The van der Waals surface area contributed by atoms with E-state index in [-0.39, 0.29) is 0 Å². The minimum absolute atomic E-state index is 1.76. The van der Waals surface area contributed by atoms with Crippen molar-refractivity contribution in [2.24, 2.45) is 0 Å². The van der Waals surface area contributed by atoms with Gasteiger partial charge in [0.05, 0.1) is 0 Å². The van der Waals surface area contributed by atoms with E-state index >= 15 is 0 Å². The van der Waals surface area contributed by atoms with Crippen LogP contribution < -0.4 is 0 Å². The van der Waals surface area contributed by atoms with Crippen molar-refractivity contribution in [1.29, 1.82) is 0 Å². The van der Waals surface area contributed by atoms with Gasteiger partial charge < -0.3 is 0 Å². The van der Waals surface area contributed by atoms with E-state index in [1.54, 1.807) is 42.9 Å². The summed E-state index contributed by atoms with van der Waals surface area (Å²) < 4.78 is 7.92. The Labute approximate surface area is 49.6 Å². The minimum atomic E-state index is 1.76. The van der Waals surface area contributed by atoms with Crippen LogP contribution in [0.2, 0.25) is 0 Å². The Morgan fingerprint density at radius 3 is 1.25 bits per heavy atom. The summed E-state index contributed by atoms with van der Waals surface area (Å²) in [6.45, 7) is 0. The maximum absolute atomic E-state index is 3.96. The van der Waals surface area contributed by atoms with Crippen LogP contribution in [0.1, 0.15) is 0 Å². The molecule has 2 nitrogen and oxygen atoms in total. The van der Waals surface area contributed by atoms with Gasteiger partial charge in [-0.05, 0) is 0 Å². The molecule has 0 amide bonds. The van der Waals surface area contributed by atoms with E-state index in [2.05, 4.69) is 6.79 Å². The first-order chi connectivity index (χ1) is 1.91. The molecule has 0 bridgehead atoms. The summed E-state index contributed by atoms with van der Waals surface area (Å²) in [5, 5.41) is 0. The van der Waals surface area contributed by atoms with Gasteiger partial charge in [0.15, 0.2) is 0 Å². The summed E-state index contributed by atoms with van der Waals surface area (Å²) >= 11 is 3.52. The van der Waals surface area contributed by atoms with Crippen molar-refractivity contribution in [1.82, 2.24) is 0 Å². The normalized spacial score (nSPS) is 8.00. The molecular formula is Au2O2. The van der Waals surface area contributed by atoms with Gasteiger partial charge in [-0.25, -0.2) is 0 Å². The van der Waals surface area contributed by atoms with Gasteiger partial charge in [-0.15, -0.1) is 0 Å². The third-order valence-electron chi connectivity index (χ3n) is 0.0152. The first-order valence-corrected chi connectivity index (χ1v) is 2.18. The quantitative estimate of drug-likeness (QED) is 0.331. The van der Waals surface area contributed by atoms with E-state index in [1.807, 2.05) is 0 Å². The van der Waals surface area contributed by atoms with Gasteiger partial charge in [-0.3, -0.25) is 0 Å². The zero-order valence-electron chi connectivity index (χ0n) is 1.42. The molecule has 0 N–H and O–H groups in total. The van der Waals surface area contributed by atoms with Crippen molar-refractivity contribution in [3.63, 3.8) is 0 Å². The van der Waals surface area contributed by atoms with E-state index in [1.165, 1.54) is 0 Å². The second-order valence-corrected chi connectivity index (χ2v) is 0.823. The average molecular weight is 426 g/mol. The Bertz CT molecular complexity index is 6.00. The second-order valence-electron chi connectivity index (χ2n) is 0.101. The summed E-state index contributed by atoms with van der Waals surface area (Å²) in [7, 11) is 0. The molecule has 0 atom stereocenters. The van der Waals surface area contributed by atoms with Crippen LogP contribution in [-0.4, -0.2) is 0 Å². The second kappa shape index (κ2) is 4.40. The summed E-state index contributed by atoms with van der Waals surface area (Å²) in [6.07, 6.45) is 0. The molecule has 0 saturated carbocycles. The van der Waals surface area contributed by atoms with Gasteiger partial charge in [-0.2, -0.15) is 0 Å². The van der Waals surface area contributed by atoms with Crippen molar-refractivity contribution in [2.45, 2.75) is 0 Å².